The van der Waals surface area contributed by atoms with Crippen LogP contribution in [0.4, 0.5) is 5.69 Å². The van der Waals surface area contributed by atoms with Gasteiger partial charge in [0.1, 0.15) is 5.41 Å². The van der Waals surface area contributed by atoms with E-state index in [2.05, 4.69) is 5.32 Å². The van der Waals surface area contributed by atoms with E-state index < -0.39 is 34.0 Å². The van der Waals surface area contributed by atoms with Gasteiger partial charge in [0.25, 0.3) is 11.8 Å². The largest absolute Gasteiger partial charge is 0.307 e. The van der Waals surface area contributed by atoms with Crippen LogP contribution in [-0.4, -0.2) is 17.7 Å². The molecular formula is C21H12N4O3. The van der Waals surface area contributed by atoms with Crippen molar-refractivity contribution in [1.29, 1.82) is 10.5 Å². The van der Waals surface area contributed by atoms with Crippen molar-refractivity contribution in [3.63, 3.8) is 0 Å². The van der Waals surface area contributed by atoms with Crippen LogP contribution >= 0.6 is 0 Å². The van der Waals surface area contributed by atoms with Gasteiger partial charge in [-0.25, -0.2) is 0 Å². The van der Waals surface area contributed by atoms with Gasteiger partial charge in [-0.15, -0.1) is 0 Å². The van der Waals surface area contributed by atoms with Crippen molar-refractivity contribution >= 4 is 23.4 Å². The monoisotopic (exact) mass is 368 g/mol. The molecule has 1 saturated heterocycles. The van der Waals surface area contributed by atoms with Crippen LogP contribution in [-0.2, 0) is 26.3 Å². The molecule has 2 atom stereocenters. The van der Waals surface area contributed by atoms with Crippen molar-refractivity contribution in [1.82, 2.24) is 5.32 Å². The van der Waals surface area contributed by atoms with E-state index in [0.717, 1.165) is 5.56 Å². The highest BCUT2D eigenvalue weighted by Crippen LogP contribution is 2.83. The van der Waals surface area contributed by atoms with E-state index in [1.807, 2.05) is 42.5 Å². The molecule has 0 bridgehead atoms. The minimum atomic E-state index is -2.05. The Balaban J connectivity index is 1.76. The van der Waals surface area contributed by atoms with E-state index in [4.69, 9.17) is 0 Å². The molecule has 3 aliphatic rings. The number of nitriles is 2. The zero-order valence-corrected chi connectivity index (χ0v) is 14.5. The zero-order chi connectivity index (χ0) is 19.7. The number of amides is 3. The number of carbonyl (C=O) groups is 3. The van der Waals surface area contributed by atoms with E-state index in [-0.39, 0.29) is 6.54 Å². The number of hydrogen-bond donors (Lipinski definition) is 1. The van der Waals surface area contributed by atoms with Crippen LogP contribution in [0.1, 0.15) is 11.1 Å². The first kappa shape index (κ1) is 16.2. The molecule has 1 spiro atoms. The van der Waals surface area contributed by atoms with Crippen molar-refractivity contribution in [3.05, 3.63) is 65.7 Å². The highest BCUT2D eigenvalue weighted by atomic mass is 16.2. The summed E-state index contributed by atoms with van der Waals surface area (Å²) >= 11 is 0. The van der Waals surface area contributed by atoms with Gasteiger partial charge in [-0.2, -0.15) is 10.5 Å². The number of nitrogens with one attached hydrogen (secondary N) is 1. The number of nitrogens with zero attached hydrogens (tertiary/aromatic N) is 3. The number of carbonyl (C=O) groups excluding carboxylic acids is 3. The fourth-order valence-corrected chi connectivity index (χ4v) is 5.07. The summed E-state index contributed by atoms with van der Waals surface area (Å²) in [5.74, 6) is -2.33. The van der Waals surface area contributed by atoms with Crippen LogP contribution in [0.15, 0.2) is 54.6 Å². The fourth-order valence-electron chi connectivity index (χ4n) is 5.07. The molecule has 2 aliphatic heterocycles. The third kappa shape index (κ3) is 1.32. The summed E-state index contributed by atoms with van der Waals surface area (Å²) < 4.78 is 0. The summed E-state index contributed by atoms with van der Waals surface area (Å²) in [5, 5.41) is 21.9. The number of piperidine rings is 1. The lowest BCUT2D eigenvalue weighted by Crippen LogP contribution is -2.45. The lowest BCUT2D eigenvalue weighted by Gasteiger charge is -2.20. The second-order valence-electron chi connectivity index (χ2n) is 7.15. The third-order valence-electron chi connectivity index (χ3n) is 6.22. The summed E-state index contributed by atoms with van der Waals surface area (Å²) in [7, 11) is 0. The smallest absolute Gasteiger partial charge is 0.250 e. The van der Waals surface area contributed by atoms with Gasteiger partial charge in [-0.3, -0.25) is 19.7 Å². The minimum Gasteiger partial charge on any atom is -0.307 e. The van der Waals surface area contributed by atoms with Crippen LogP contribution < -0.4 is 10.2 Å². The van der Waals surface area contributed by atoms with Gasteiger partial charge in [0.15, 0.2) is 10.8 Å². The number of hydrogen-bond acceptors (Lipinski definition) is 5. The van der Waals surface area contributed by atoms with E-state index in [1.54, 1.807) is 24.3 Å². The van der Waals surface area contributed by atoms with Crippen LogP contribution in [0.3, 0.4) is 0 Å². The lowest BCUT2D eigenvalue weighted by molar-refractivity contribution is -0.134. The quantitative estimate of drug-likeness (QED) is 0.799. The fraction of sp³-hybridized carbons (Fsp3) is 0.190. The van der Waals surface area contributed by atoms with E-state index in [1.165, 1.54) is 4.90 Å². The normalized spacial score (nSPS) is 31.8. The molecule has 3 amide bonds. The molecule has 1 N–H and O–H groups in total. The molecule has 2 aromatic rings. The minimum absolute atomic E-state index is 0.206. The second kappa shape index (κ2) is 4.85. The molecule has 134 valence electrons. The number of rotatable bonds is 2. The van der Waals surface area contributed by atoms with Gasteiger partial charge >= 0.3 is 0 Å². The lowest BCUT2D eigenvalue weighted by atomic mass is 9.84. The van der Waals surface area contributed by atoms with Gasteiger partial charge in [-0.1, -0.05) is 48.5 Å². The highest BCUT2D eigenvalue weighted by Gasteiger charge is 3.04. The second-order valence-corrected chi connectivity index (χ2v) is 7.15. The van der Waals surface area contributed by atoms with Gasteiger partial charge in [-0.05, 0) is 17.2 Å². The van der Waals surface area contributed by atoms with E-state index >= 15 is 0 Å². The molecule has 2 heterocycles. The summed E-state index contributed by atoms with van der Waals surface area (Å²) in [4.78, 5) is 40.4. The first-order valence-corrected chi connectivity index (χ1v) is 8.66. The summed E-state index contributed by atoms with van der Waals surface area (Å²) in [5.41, 5.74) is -4.18. The summed E-state index contributed by atoms with van der Waals surface area (Å²) in [6.07, 6.45) is 0. The Labute approximate surface area is 159 Å². The van der Waals surface area contributed by atoms with Crippen LogP contribution in [0.2, 0.25) is 0 Å². The van der Waals surface area contributed by atoms with Crippen molar-refractivity contribution in [2.24, 2.45) is 10.8 Å². The Hall–Kier alpha value is -3.97. The van der Waals surface area contributed by atoms with Crippen LogP contribution in [0.5, 0.6) is 0 Å². The van der Waals surface area contributed by atoms with Crippen molar-refractivity contribution in [2.45, 2.75) is 12.0 Å². The van der Waals surface area contributed by atoms with Crippen molar-refractivity contribution < 1.29 is 14.4 Å². The molecule has 1 aliphatic carbocycles. The third-order valence-corrected chi connectivity index (χ3v) is 6.22. The maximum absolute atomic E-state index is 13.7. The highest BCUT2D eigenvalue weighted by molar-refractivity contribution is 6.31. The molecule has 28 heavy (non-hydrogen) atoms. The molecule has 5 rings (SSSR count). The predicted molar refractivity (Wildman–Crippen MR) is 95.0 cm³/mol. The molecule has 7 nitrogen and oxygen atoms in total. The molecule has 1 saturated carbocycles. The average Bonchev–Trinajstić information content (AvgIpc) is 3.11. The number of para-hydroxylation sites is 1. The van der Waals surface area contributed by atoms with Gasteiger partial charge < -0.3 is 4.90 Å². The molecule has 0 aromatic heterocycles. The van der Waals surface area contributed by atoms with E-state index in [9.17, 15) is 24.9 Å². The van der Waals surface area contributed by atoms with Gasteiger partial charge in [0, 0.05) is 5.69 Å². The maximum atomic E-state index is 13.7. The molecule has 0 unspecified atom stereocenters. The molecular weight excluding hydrogens is 356 g/mol. The molecule has 0 radical (unpaired) electrons. The molecule has 7 heteroatoms. The number of imide groups is 1. The van der Waals surface area contributed by atoms with Gasteiger partial charge in [0.2, 0.25) is 5.91 Å². The van der Waals surface area contributed by atoms with Crippen LogP contribution in [0, 0.1) is 33.5 Å². The first-order chi connectivity index (χ1) is 13.5. The van der Waals surface area contributed by atoms with E-state index in [0.29, 0.717) is 11.3 Å². The Bertz CT molecular complexity index is 1140. The summed E-state index contributed by atoms with van der Waals surface area (Å²) in [6.45, 7) is 0.206. The van der Waals surface area contributed by atoms with Crippen molar-refractivity contribution in [2.75, 3.05) is 4.90 Å². The molecule has 2 aromatic carbocycles. The molecule has 2 fully saturated rings. The summed E-state index contributed by atoms with van der Waals surface area (Å²) in [6, 6.07) is 19.7. The number of benzene rings is 2. The average molecular weight is 368 g/mol. The number of anilines is 1. The SMILES string of the molecule is N#C[C@]12C(=O)NC(=O)[C@]1(C#N)C21C(=O)N(Cc2ccccc2)c2ccccc21. The Morgan fingerprint density at radius 1 is 0.857 bits per heavy atom. The predicted octanol–water partition coefficient (Wildman–Crippen LogP) is 1.16. The standard InChI is InChI=1S/C21H12N4O3/c22-11-19-16(26)24-17(27)20(19,12-23)21(19)14-8-4-5-9-15(14)25(18(21)28)10-13-6-2-1-3-7-13/h1-9H,10H2,(H,24,26,27)/t19-,20-/m0/s1. The van der Waals surface area contributed by atoms with Crippen molar-refractivity contribution in [3.8, 4) is 12.1 Å². The van der Waals surface area contributed by atoms with Crippen LogP contribution in [0.25, 0.3) is 0 Å². The Kier molecular flexibility index (Phi) is 2.81. The topological polar surface area (TPSA) is 114 Å². The number of fused-ring (bicyclic) bond motifs is 5. The zero-order valence-electron chi connectivity index (χ0n) is 14.5. The van der Waals surface area contributed by atoms with Gasteiger partial charge in [0.05, 0.1) is 18.7 Å². The maximum Gasteiger partial charge on any atom is 0.250 e. The Morgan fingerprint density at radius 2 is 1.43 bits per heavy atom. The first-order valence-electron chi connectivity index (χ1n) is 8.66. The Morgan fingerprint density at radius 3 is 2.04 bits per heavy atom.